The molecule has 0 unspecified atom stereocenters. The predicted octanol–water partition coefficient (Wildman–Crippen LogP) is 1.80. The lowest BCUT2D eigenvalue weighted by molar-refractivity contribution is 0.603. The molecule has 3 nitrogen and oxygen atoms in total. The lowest BCUT2D eigenvalue weighted by Gasteiger charge is -1.77. The third kappa shape index (κ3) is 4.08. The molecule has 0 fully saturated rings. The average molecular weight is 164 g/mol. The zero-order valence-corrected chi connectivity index (χ0v) is 6.25. The molecule has 0 bridgehead atoms. The highest BCUT2D eigenvalue weighted by atomic mass is 33.1. The quantitative estimate of drug-likeness (QED) is 0.460. The Morgan fingerprint density at radius 1 is 1.25 bits per heavy atom. The van der Waals surface area contributed by atoms with Gasteiger partial charge in [-0.2, -0.15) is 10.5 Å². The first kappa shape index (κ1) is 7.91. The number of thiocyanates is 2. The number of hydrogen-bond acceptors (Lipinski definition) is 5. The molecule has 0 aromatic carbocycles. The maximum atomic E-state index is 10.3. The third-order valence-corrected chi connectivity index (χ3v) is 3.82. The van der Waals surface area contributed by atoms with Crippen molar-refractivity contribution in [2.75, 3.05) is 0 Å². The van der Waals surface area contributed by atoms with E-state index in [2.05, 4.69) is 0 Å². The van der Waals surface area contributed by atoms with Gasteiger partial charge in [0, 0.05) is 22.8 Å². The lowest BCUT2D eigenvalue weighted by atomic mass is 11.8. The van der Waals surface area contributed by atoms with Crippen molar-refractivity contribution in [1.29, 1.82) is 10.5 Å². The molecule has 0 spiro atoms. The Morgan fingerprint density at radius 2 is 1.62 bits per heavy atom. The molecule has 0 aliphatic heterocycles. The first-order chi connectivity index (χ1) is 3.81. The van der Waals surface area contributed by atoms with Gasteiger partial charge in [-0.3, -0.25) is 0 Å². The Morgan fingerprint density at radius 3 is 1.88 bits per heavy atom. The van der Waals surface area contributed by atoms with Crippen LogP contribution in [0.3, 0.4) is 0 Å². The molecule has 6 heteroatoms. The van der Waals surface area contributed by atoms with Crippen LogP contribution in [0, 0.1) is 21.3 Å². The fourth-order valence-electron chi connectivity index (χ4n) is 0.0954. The van der Waals surface area contributed by atoms with E-state index in [0.717, 1.165) is 0 Å². The summed E-state index contributed by atoms with van der Waals surface area (Å²) in [5, 5.41) is 19.0. The van der Waals surface area contributed by atoms with Crippen LogP contribution in [-0.4, -0.2) is 0 Å². The van der Waals surface area contributed by atoms with Gasteiger partial charge in [-0.25, -0.2) is 0 Å². The molecule has 0 amide bonds. The Kier molecular flexibility index (Phi) is 5.00. The second-order valence-corrected chi connectivity index (χ2v) is 6.13. The lowest BCUT2D eigenvalue weighted by Crippen LogP contribution is -1.35. The van der Waals surface area contributed by atoms with Gasteiger partial charge in [0.15, 0.2) is 0 Å². The summed E-state index contributed by atoms with van der Waals surface area (Å²) in [6.07, 6.45) is -2.03. The summed E-state index contributed by atoms with van der Waals surface area (Å²) in [6, 6.07) is 0. The van der Waals surface area contributed by atoms with E-state index in [1.165, 1.54) is 0 Å². The first-order valence-electron chi connectivity index (χ1n) is 1.47. The molecule has 0 aliphatic rings. The van der Waals surface area contributed by atoms with Gasteiger partial charge in [-0.05, 0) is 0 Å². The van der Waals surface area contributed by atoms with Gasteiger partial charge in [-0.1, -0.05) is 0 Å². The highest BCUT2D eigenvalue weighted by Gasteiger charge is 1.95. The monoisotopic (exact) mass is 164 g/mol. The fraction of sp³-hybridized carbons (Fsp3) is 0. The van der Waals surface area contributed by atoms with E-state index >= 15 is 0 Å². The normalized spacial score (nSPS) is 7.88. The van der Waals surface area contributed by atoms with Gasteiger partial charge in [-0.15, -0.1) is 0 Å². The Balaban J connectivity index is 3.41. The van der Waals surface area contributed by atoms with Crippen molar-refractivity contribution in [3.05, 3.63) is 0 Å². The van der Waals surface area contributed by atoms with E-state index in [9.17, 15) is 4.57 Å². The summed E-state index contributed by atoms with van der Waals surface area (Å²) in [5.41, 5.74) is 0. The summed E-state index contributed by atoms with van der Waals surface area (Å²) in [4.78, 5) is 0. The van der Waals surface area contributed by atoms with E-state index in [-0.39, 0.29) is 0 Å². The summed E-state index contributed by atoms with van der Waals surface area (Å²) in [7, 11) is 0. The predicted molar refractivity (Wildman–Crippen MR) is 35.4 cm³/mol. The summed E-state index contributed by atoms with van der Waals surface area (Å²) in [6.45, 7) is 0. The Hall–Kier alpha value is -0.0900. The molecule has 0 aromatic rings. The largest absolute Gasteiger partial charge is 0.302 e. The maximum Gasteiger partial charge on any atom is 0.207 e. The molecular weight excluding hydrogens is 163 g/mol. The van der Waals surface area contributed by atoms with Crippen molar-refractivity contribution in [3.8, 4) is 10.8 Å². The molecule has 0 saturated heterocycles. The molecule has 42 valence electrons. The molecule has 0 saturated carbocycles. The minimum Gasteiger partial charge on any atom is -0.302 e. The van der Waals surface area contributed by atoms with Gasteiger partial charge < -0.3 is 4.57 Å². The summed E-state index contributed by atoms with van der Waals surface area (Å²) < 4.78 is 10.3. The molecule has 0 atom stereocenters. The third-order valence-electron chi connectivity index (χ3n) is 0.258. The van der Waals surface area contributed by atoms with Gasteiger partial charge in [0.05, 0.1) is 0 Å². The van der Waals surface area contributed by atoms with Crippen LogP contribution in [0.2, 0.25) is 0 Å². The maximum absolute atomic E-state index is 10.3. The van der Waals surface area contributed by atoms with Crippen molar-refractivity contribution >= 4 is 29.0 Å². The number of rotatable bonds is 2. The fourth-order valence-corrected chi connectivity index (χ4v) is 1.90. The smallest absolute Gasteiger partial charge is 0.207 e. The zero-order valence-electron chi connectivity index (χ0n) is 3.62. The number of nitrogens with zero attached hydrogens (tertiary/aromatic N) is 2. The molecule has 0 rings (SSSR count). The van der Waals surface area contributed by atoms with Crippen LogP contribution in [0.1, 0.15) is 0 Å². The highest BCUT2D eigenvalue weighted by molar-refractivity contribution is 8.86. The van der Waals surface area contributed by atoms with E-state index in [0.29, 0.717) is 22.8 Å². The molecule has 0 aliphatic carbocycles. The standard InChI is InChI=1S/C2HN2OPS2/c3-1-7-6(5)8-2-4/h6H. The topological polar surface area (TPSA) is 64.7 Å². The van der Waals surface area contributed by atoms with Crippen molar-refractivity contribution in [1.82, 2.24) is 0 Å². The van der Waals surface area contributed by atoms with Gasteiger partial charge in [0.1, 0.15) is 10.8 Å². The van der Waals surface area contributed by atoms with Crippen LogP contribution in [0.4, 0.5) is 0 Å². The second kappa shape index (κ2) is 5.05. The first-order valence-corrected chi connectivity index (χ1v) is 5.96. The van der Waals surface area contributed by atoms with E-state index in [1.54, 1.807) is 10.8 Å². The van der Waals surface area contributed by atoms with E-state index in [1.807, 2.05) is 0 Å². The summed E-state index contributed by atoms with van der Waals surface area (Å²) in [5.74, 6) is 0. The van der Waals surface area contributed by atoms with Crippen molar-refractivity contribution in [2.24, 2.45) is 0 Å². The SMILES string of the molecule is N#CS[PH](=O)SC#N. The van der Waals surface area contributed by atoms with Gasteiger partial charge >= 0.3 is 0 Å². The van der Waals surface area contributed by atoms with Crippen molar-refractivity contribution in [2.45, 2.75) is 0 Å². The minimum absolute atomic E-state index is 0.648. The molecular formula is C2HN2OPS2. The van der Waals surface area contributed by atoms with E-state index < -0.39 is 6.20 Å². The van der Waals surface area contributed by atoms with Crippen LogP contribution in [-0.2, 0) is 4.57 Å². The van der Waals surface area contributed by atoms with E-state index in [4.69, 9.17) is 10.5 Å². The van der Waals surface area contributed by atoms with Crippen LogP contribution in [0.5, 0.6) is 0 Å². The number of nitriles is 2. The Bertz CT molecular complexity index is 150. The average Bonchev–Trinajstić information content (AvgIpc) is 1.68. The van der Waals surface area contributed by atoms with Crippen LogP contribution in [0.15, 0.2) is 0 Å². The van der Waals surface area contributed by atoms with Crippen LogP contribution >= 0.6 is 29.0 Å². The molecule has 0 radical (unpaired) electrons. The molecule has 0 aromatic heterocycles. The second-order valence-electron chi connectivity index (χ2n) is 0.637. The molecule has 8 heavy (non-hydrogen) atoms. The van der Waals surface area contributed by atoms with Gasteiger partial charge in [0.2, 0.25) is 6.20 Å². The number of hydrogen-bond donors (Lipinski definition) is 0. The van der Waals surface area contributed by atoms with Crippen molar-refractivity contribution in [3.63, 3.8) is 0 Å². The van der Waals surface area contributed by atoms with Gasteiger partial charge in [0.25, 0.3) is 0 Å². The zero-order chi connectivity index (χ0) is 6.41. The Labute approximate surface area is 55.3 Å². The van der Waals surface area contributed by atoms with Crippen molar-refractivity contribution < 1.29 is 4.57 Å². The summed E-state index contributed by atoms with van der Waals surface area (Å²) >= 11 is 1.30. The minimum atomic E-state index is -2.03. The van der Waals surface area contributed by atoms with Crippen LogP contribution < -0.4 is 0 Å². The molecule has 0 heterocycles. The van der Waals surface area contributed by atoms with Crippen LogP contribution in [0.25, 0.3) is 0 Å². The molecule has 0 N–H and O–H groups in total. The highest BCUT2D eigenvalue weighted by Crippen LogP contribution is 2.48.